The zero-order valence-corrected chi connectivity index (χ0v) is 14.2. The monoisotopic (exact) mass is 334 g/mol. The van der Waals surface area contributed by atoms with Gasteiger partial charge in [0.1, 0.15) is 5.75 Å². The molecule has 1 atom stereocenters. The van der Waals surface area contributed by atoms with E-state index < -0.39 is 10.1 Å². The van der Waals surface area contributed by atoms with Gasteiger partial charge >= 0.3 is 0 Å². The molecule has 0 amide bonds. The summed E-state index contributed by atoms with van der Waals surface area (Å²) in [5, 5.41) is 0. The summed E-state index contributed by atoms with van der Waals surface area (Å²) in [5.74, 6) is 1.37. The maximum Gasteiger partial charge on any atom is 0.294 e. The molecule has 0 radical (unpaired) electrons. The Hall–Kier alpha value is -1.85. The Kier molecular flexibility index (Phi) is 5.80. The van der Waals surface area contributed by atoms with Crippen LogP contribution in [0, 0.1) is 0 Å². The fraction of sp³-hybridized carbons (Fsp3) is 0.333. The lowest BCUT2D eigenvalue weighted by Gasteiger charge is -2.11. The van der Waals surface area contributed by atoms with Crippen LogP contribution < -0.4 is 4.74 Å². The molecule has 2 aromatic rings. The van der Waals surface area contributed by atoms with Crippen molar-refractivity contribution in [3.8, 4) is 5.75 Å². The molecule has 124 valence electrons. The van der Waals surface area contributed by atoms with Gasteiger partial charge in [0.05, 0.1) is 11.5 Å². The zero-order valence-electron chi connectivity index (χ0n) is 13.4. The Bertz CT molecular complexity index is 719. The van der Waals surface area contributed by atoms with Gasteiger partial charge in [0.2, 0.25) is 0 Å². The third-order valence-electron chi connectivity index (χ3n) is 3.94. The van der Waals surface area contributed by atoms with Crippen molar-refractivity contribution < 1.29 is 17.7 Å². The lowest BCUT2D eigenvalue weighted by Crippen LogP contribution is -2.03. The van der Waals surface area contributed by atoms with Gasteiger partial charge in [0.25, 0.3) is 10.1 Å². The maximum atomic E-state index is 11.0. The molecule has 0 bridgehead atoms. The quantitative estimate of drug-likeness (QED) is 0.775. The van der Waals surface area contributed by atoms with Crippen LogP contribution in [0.1, 0.15) is 37.3 Å². The van der Waals surface area contributed by atoms with Crippen LogP contribution in [0.15, 0.2) is 53.4 Å². The SMILES string of the molecule is CCC(C)c1ccc(OCCc2ccc(S(=O)(=O)O)cc2)cc1. The standard InChI is InChI=1S/C18H22O4S/c1-3-14(2)16-6-8-17(9-7-16)22-13-12-15-4-10-18(11-5-15)23(19,20)21/h4-11,14H,3,12-13H2,1-2H3,(H,19,20,21). The van der Waals surface area contributed by atoms with Crippen molar-refractivity contribution in [3.05, 3.63) is 59.7 Å². The van der Waals surface area contributed by atoms with Crippen LogP contribution in [0.4, 0.5) is 0 Å². The van der Waals surface area contributed by atoms with Crippen molar-refractivity contribution in [1.82, 2.24) is 0 Å². The Morgan fingerprint density at radius 3 is 2.17 bits per heavy atom. The van der Waals surface area contributed by atoms with E-state index in [1.54, 1.807) is 12.1 Å². The molecule has 2 aromatic carbocycles. The van der Waals surface area contributed by atoms with Crippen molar-refractivity contribution in [3.63, 3.8) is 0 Å². The predicted molar refractivity (Wildman–Crippen MR) is 90.6 cm³/mol. The van der Waals surface area contributed by atoms with E-state index in [-0.39, 0.29) is 4.90 Å². The normalized spacial score (nSPS) is 12.8. The van der Waals surface area contributed by atoms with Gasteiger partial charge < -0.3 is 4.74 Å². The van der Waals surface area contributed by atoms with E-state index in [9.17, 15) is 8.42 Å². The smallest absolute Gasteiger partial charge is 0.294 e. The largest absolute Gasteiger partial charge is 0.493 e. The van der Waals surface area contributed by atoms with E-state index in [2.05, 4.69) is 26.0 Å². The molecular formula is C18H22O4S. The minimum Gasteiger partial charge on any atom is -0.493 e. The van der Waals surface area contributed by atoms with E-state index >= 15 is 0 Å². The number of hydrogen-bond acceptors (Lipinski definition) is 3. The van der Waals surface area contributed by atoms with Crippen LogP contribution in [0.5, 0.6) is 5.75 Å². The van der Waals surface area contributed by atoms with Crippen molar-refractivity contribution >= 4 is 10.1 Å². The predicted octanol–water partition coefficient (Wildman–Crippen LogP) is 4.07. The van der Waals surface area contributed by atoms with E-state index in [1.807, 2.05) is 12.1 Å². The summed E-state index contributed by atoms with van der Waals surface area (Å²) in [5.41, 5.74) is 2.26. The molecule has 0 saturated carbocycles. The van der Waals surface area contributed by atoms with Gasteiger partial charge in [-0.2, -0.15) is 8.42 Å². The van der Waals surface area contributed by atoms with Crippen LogP contribution in [0.3, 0.4) is 0 Å². The number of ether oxygens (including phenoxy) is 1. The first-order valence-corrected chi connectivity index (χ1v) is 9.13. The fourth-order valence-electron chi connectivity index (χ4n) is 2.24. The molecule has 0 spiro atoms. The molecule has 0 aliphatic carbocycles. The molecule has 4 nitrogen and oxygen atoms in total. The molecule has 23 heavy (non-hydrogen) atoms. The van der Waals surface area contributed by atoms with Gasteiger partial charge in [-0.1, -0.05) is 38.1 Å². The number of hydrogen-bond donors (Lipinski definition) is 1. The lowest BCUT2D eigenvalue weighted by molar-refractivity contribution is 0.322. The van der Waals surface area contributed by atoms with Gasteiger partial charge in [-0.15, -0.1) is 0 Å². The average molecular weight is 334 g/mol. The second-order valence-corrected chi connectivity index (χ2v) is 7.02. The molecule has 1 N–H and O–H groups in total. The minimum absolute atomic E-state index is 0.0946. The van der Waals surface area contributed by atoms with Crippen LogP contribution in [-0.4, -0.2) is 19.6 Å². The average Bonchev–Trinajstić information content (AvgIpc) is 2.54. The molecule has 0 heterocycles. The Morgan fingerprint density at radius 2 is 1.65 bits per heavy atom. The topological polar surface area (TPSA) is 63.6 Å². The van der Waals surface area contributed by atoms with Crippen LogP contribution in [-0.2, 0) is 16.5 Å². The molecule has 0 aliphatic rings. The van der Waals surface area contributed by atoms with Crippen molar-refractivity contribution in [1.29, 1.82) is 0 Å². The highest BCUT2D eigenvalue weighted by atomic mass is 32.2. The Balaban J connectivity index is 1.87. The summed E-state index contributed by atoms with van der Waals surface area (Å²) in [4.78, 5) is -0.0946. The first kappa shape index (κ1) is 17.5. The number of benzene rings is 2. The van der Waals surface area contributed by atoms with E-state index in [4.69, 9.17) is 9.29 Å². The molecule has 2 rings (SSSR count). The summed E-state index contributed by atoms with van der Waals surface area (Å²) < 4.78 is 36.6. The summed E-state index contributed by atoms with van der Waals surface area (Å²) in [7, 11) is -4.13. The summed E-state index contributed by atoms with van der Waals surface area (Å²) in [6.07, 6.45) is 1.78. The van der Waals surface area contributed by atoms with Crippen molar-refractivity contribution in [2.45, 2.75) is 37.5 Å². The van der Waals surface area contributed by atoms with E-state index in [0.29, 0.717) is 18.9 Å². The molecule has 1 unspecified atom stereocenters. The summed E-state index contributed by atoms with van der Waals surface area (Å²) >= 11 is 0. The highest BCUT2D eigenvalue weighted by Gasteiger charge is 2.08. The van der Waals surface area contributed by atoms with Gasteiger partial charge in [0, 0.05) is 6.42 Å². The first-order chi connectivity index (χ1) is 10.9. The van der Waals surface area contributed by atoms with Crippen molar-refractivity contribution in [2.24, 2.45) is 0 Å². The Morgan fingerprint density at radius 1 is 1.04 bits per heavy atom. The Labute approximate surface area is 137 Å². The van der Waals surface area contributed by atoms with Gasteiger partial charge in [-0.25, -0.2) is 0 Å². The van der Waals surface area contributed by atoms with Gasteiger partial charge in [-0.3, -0.25) is 4.55 Å². The molecule has 5 heteroatoms. The van der Waals surface area contributed by atoms with E-state index in [0.717, 1.165) is 17.7 Å². The minimum atomic E-state index is -4.13. The molecule has 0 aromatic heterocycles. The number of rotatable bonds is 7. The summed E-state index contributed by atoms with van der Waals surface area (Å²) in [6.45, 7) is 4.88. The fourth-order valence-corrected chi connectivity index (χ4v) is 2.72. The second kappa shape index (κ2) is 7.62. The molecular weight excluding hydrogens is 312 g/mol. The van der Waals surface area contributed by atoms with Gasteiger partial charge in [0.15, 0.2) is 0 Å². The first-order valence-electron chi connectivity index (χ1n) is 7.69. The maximum absolute atomic E-state index is 11.0. The zero-order chi connectivity index (χ0) is 16.9. The third kappa shape index (κ3) is 5.08. The summed E-state index contributed by atoms with van der Waals surface area (Å²) in [6, 6.07) is 14.3. The lowest BCUT2D eigenvalue weighted by atomic mass is 9.99. The van der Waals surface area contributed by atoms with E-state index in [1.165, 1.54) is 17.7 Å². The second-order valence-electron chi connectivity index (χ2n) is 5.60. The van der Waals surface area contributed by atoms with Crippen LogP contribution >= 0.6 is 0 Å². The van der Waals surface area contributed by atoms with Gasteiger partial charge in [-0.05, 0) is 47.7 Å². The molecule has 0 fully saturated rings. The van der Waals surface area contributed by atoms with Crippen LogP contribution in [0.2, 0.25) is 0 Å². The molecule has 0 saturated heterocycles. The highest BCUT2D eigenvalue weighted by molar-refractivity contribution is 7.85. The molecule has 0 aliphatic heterocycles. The van der Waals surface area contributed by atoms with Crippen molar-refractivity contribution in [2.75, 3.05) is 6.61 Å². The van der Waals surface area contributed by atoms with Crippen LogP contribution in [0.25, 0.3) is 0 Å². The highest BCUT2D eigenvalue weighted by Crippen LogP contribution is 2.21. The third-order valence-corrected chi connectivity index (χ3v) is 4.81.